The lowest BCUT2D eigenvalue weighted by Gasteiger charge is -2.18. The van der Waals surface area contributed by atoms with Gasteiger partial charge in [-0.3, -0.25) is 0 Å². The monoisotopic (exact) mass is 304 g/mol. The van der Waals surface area contributed by atoms with Crippen LogP contribution in [0, 0.1) is 0 Å². The van der Waals surface area contributed by atoms with Crippen molar-refractivity contribution in [1.82, 2.24) is 0 Å². The molecule has 2 aromatic rings. The summed E-state index contributed by atoms with van der Waals surface area (Å²) in [5, 5.41) is 10.0. The molecule has 116 valence electrons. The number of aliphatic hydroxyl groups is 1. The number of rotatable bonds is 4. The van der Waals surface area contributed by atoms with Gasteiger partial charge in [-0.2, -0.15) is 0 Å². The van der Waals surface area contributed by atoms with Crippen LogP contribution in [0.2, 0.25) is 0 Å². The third kappa shape index (κ3) is 3.54. The van der Waals surface area contributed by atoms with Crippen LogP contribution in [0.3, 0.4) is 0 Å². The minimum Gasteiger partial charge on any atom is -0.504 e. The average Bonchev–Trinajstić information content (AvgIpc) is 2.58. The molecule has 0 saturated heterocycles. The van der Waals surface area contributed by atoms with E-state index in [0.717, 1.165) is 12.2 Å². The van der Waals surface area contributed by atoms with E-state index in [-0.39, 0.29) is 5.76 Å². The molecule has 0 aromatic heterocycles. The number of hydrogen-bond donors (Lipinski definition) is 1. The molecule has 0 spiro atoms. The first-order chi connectivity index (χ1) is 11.1. The zero-order chi connectivity index (χ0) is 16.2. The number of benzene rings is 2. The Bertz CT molecular complexity index is 765. The molecular formula is C21H20O2. The van der Waals surface area contributed by atoms with Crippen LogP contribution in [0.25, 0.3) is 11.1 Å². The highest BCUT2D eigenvalue weighted by Crippen LogP contribution is 2.27. The molecule has 1 heterocycles. The number of hydrogen-bond acceptors (Lipinski definition) is 2. The van der Waals surface area contributed by atoms with Crippen molar-refractivity contribution >= 4 is 0 Å². The summed E-state index contributed by atoms with van der Waals surface area (Å²) in [6.07, 6.45) is 3.21. The molecule has 1 aliphatic rings. The summed E-state index contributed by atoms with van der Waals surface area (Å²) in [6.45, 7) is 5.70. The van der Waals surface area contributed by atoms with Crippen molar-refractivity contribution in [2.45, 2.75) is 19.8 Å². The van der Waals surface area contributed by atoms with Crippen LogP contribution >= 0.6 is 0 Å². The van der Waals surface area contributed by atoms with Crippen LogP contribution in [0.15, 0.2) is 90.1 Å². The van der Waals surface area contributed by atoms with Gasteiger partial charge in [0, 0.05) is 12.0 Å². The zero-order valence-electron chi connectivity index (χ0n) is 13.3. The Morgan fingerprint density at radius 3 is 2.26 bits per heavy atom. The molecule has 2 aromatic carbocycles. The fraction of sp³-hybridized carbons (Fsp3) is 0.143. The van der Waals surface area contributed by atoms with E-state index in [1.54, 1.807) is 6.08 Å². The molecule has 1 N–H and O–H groups in total. The third-order valence-corrected chi connectivity index (χ3v) is 3.93. The van der Waals surface area contributed by atoms with Crippen molar-refractivity contribution in [2.24, 2.45) is 0 Å². The molecule has 0 fully saturated rings. The van der Waals surface area contributed by atoms with E-state index in [4.69, 9.17) is 4.74 Å². The Morgan fingerprint density at radius 2 is 1.57 bits per heavy atom. The summed E-state index contributed by atoms with van der Waals surface area (Å²) in [7, 11) is 0. The molecular weight excluding hydrogens is 284 g/mol. The topological polar surface area (TPSA) is 29.5 Å². The van der Waals surface area contributed by atoms with Crippen molar-refractivity contribution in [1.29, 1.82) is 0 Å². The number of aryl methyl sites for hydroxylation is 1. The van der Waals surface area contributed by atoms with Crippen molar-refractivity contribution in [3.05, 3.63) is 95.7 Å². The molecule has 2 heteroatoms. The summed E-state index contributed by atoms with van der Waals surface area (Å²) in [5.74, 6) is 1.53. The molecule has 0 aliphatic carbocycles. The van der Waals surface area contributed by atoms with Crippen LogP contribution in [0.4, 0.5) is 0 Å². The van der Waals surface area contributed by atoms with Crippen LogP contribution in [-0.2, 0) is 11.2 Å². The first kappa shape index (κ1) is 15.2. The first-order valence-electron chi connectivity index (χ1n) is 7.75. The molecule has 0 saturated carbocycles. The minimum atomic E-state index is 0.163. The Morgan fingerprint density at radius 1 is 0.913 bits per heavy atom. The van der Waals surface area contributed by atoms with E-state index in [0.29, 0.717) is 17.8 Å². The third-order valence-electron chi connectivity index (χ3n) is 3.93. The second kappa shape index (κ2) is 6.57. The Balaban J connectivity index is 1.68. The number of aliphatic hydroxyl groups excluding tert-OH is 1. The van der Waals surface area contributed by atoms with E-state index >= 15 is 0 Å². The molecule has 2 nitrogen and oxygen atoms in total. The molecule has 0 unspecified atom stereocenters. The largest absolute Gasteiger partial charge is 0.504 e. The van der Waals surface area contributed by atoms with E-state index in [1.165, 1.54) is 16.7 Å². The standard InChI is InChI=1S/C21H20O2/c1-15-14-16(2)23-20(21(15)22)13-10-17-8-11-19(12-9-17)18-6-4-3-5-7-18/h3-9,11-12,14,22H,1,10,13H2,2H3. The van der Waals surface area contributed by atoms with Gasteiger partial charge < -0.3 is 9.84 Å². The number of allylic oxidation sites excluding steroid dienone is 3. The quantitative estimate of drug-likeness (QED) is 0.803. The lowest BCUT2D eigenvalue weighted by Crippen LogP contribution is -2.05. The highest BCUT2D eigenvalue weighted by Gasteiger charge is 2.16. The second-order valence-electron chi connectivity index (χ2n) is 5.72. The molecule has 0 radical (unpaired) electrons. The van der Waals surface area contributed by atoms with Crippen molar-refractivity contribution < 1.29 is 9.84 Å². The van der Waals surface area contributed by atoms with Crippen LogP contribution in [0.5, 0.6) is 0 Å². The zero-order valence-corrected chi connectivity index (χ0v) is 13.3. The van der Waals surface area contributed by atoms with Gasteiger partial charge in [0.05, 0.1) is 0 Å². The van der Waals surface area contributed by atoms with Crippen molar-refractivity contribution in [2.75, 3.05) is 0 Å². The fourth-order valence-electron chi connectivity index (χ4n) is 2.69. The minimum absolute atomic E-state index is 0.163. The van der Waals surface area contributed by atoms with Crippen molar-refractivity contribution in [3.63, 3.8) is 0 Å². The Kier molecular flexibility index (Phi) is 4.33. The molecule has 0 amide bonds. The van der Waals surface area contributed by atoms with E-state index in [2.05, 4.69) is 43.0 Å². The van der Waals surface area contributed by atoms with E-state index < -0.39 is 0 Å². The SMILES string of the molecule is C=C1C=C(C)OC(CCc2ccc(-c3ccccc3)cc2)=C1O. The van der Waals surface area contributed by atoms with Crippen LogP contribution in [-0.4, -0.2) is 5.11 Å². The van der Waals surface area contributed by atoms with Gasteiger partial charge >= 0.3 is 0 Å². The molecule has 0 bridgehead atoms. The highest BCUT2D eigenvalue weighted by atomic mass is 16.5. The normalized spacial score (nSPS) is 14.5. The van der Waals surface area contributed by atoms with Gasteiger partial charge in [0.25, 0.3) is 0 Å². The molecule has 23 heavy (non-hydrogen) atoms. The van der Waals surface area contributed by atoms with Gasteiger partial charge in [0.15, 0.2) is 5.76 Å². The Labute approximate surface area is 137 Å². The lowest BCUT2D eigenvalue weighted by atomic mass is 10.0. The highest BCUT2D eigenvalue weighted by molar-refractivity contribution is 5.63. The summed E-state index contributed by atoms with van der Waals surface area (Å²) in [4.78, 5) is 0. The maximum Gasteiger partial charge on any atom is 0.160 e. The van der Waals surface area contributed by atoms with E-state index in [9.17, 15) is 5.11 Å². The summed E-state index contributed by atoms with van der Waals surface area (Å²) >= 11 is 0. The number of ether oxygens (including phenoxy) is 1. The summed E-state index contributed by atoms with van der Waals surface area (Å²) in [6, 6.07) is 18.8. The second-order valence-corrected chi connectivity index (χ2v) is 5.72. The van der Waals surface area contributed by atoms with Gasteiger partial charge in [0.1, 0.15) is 11.5 Å². The van der Waals surface area contributed by atoms with Gasteiger partial charge in [-0.1, -0.05) is 61.2 Å². The van der Waals surface area contributed by atoms with Gasteiger partial charge in [-0.25, -0.2) is 0 Å². The van der Waals surface area contributed by atoms with Crippen molar-refractivity contribution in [3.8, 4) is 11.1 Å². The summed E-state index contributed by atoms with van der Waals surface area (Å²) in [5.41, 5.74) is 4.25. The van der Waals surface area contributed by atoms with Gasteiger partial charge in [-0.15, -0.1) is 0 Å². The molecule has 0 atom stereocenters. The average molecular weight is 304 g/mol. The van der Waals surface area contributed by atoms with Gasteiger partial charge in [0.2, 0.25) is 0 Å². The predicted octanol–water partition coefficient (Wildman–Crippen LogP) is 5.55. The predicted molar refractivity (Wildman–Crippen MR) is 93.8 cm³/mol. The maximum atomic E-state index is 10.0. The fourth-order valence-corrected chi connectivity index (χ4v) is 2.69. The molecule has 3 rings (SSSR count). The lowest BCUT2D eigenvalue weighted by molar-refractivity contribution is 0.249. The smallest absolute Gasteiger partial charge is 0.160 e. The van der Waals surface area contributed by atoms with Crippen LogP contribution < -0.4 is 0 Å². The molecule has 1 aliphatic heterocycles. The summed E-state index contributed by atoms with van der Waals surface area (Å²) < 4.78 is 5.61. The van der Waals surface area contributed by atoms with E-state index in [1.807, 2.05) is 25.1 Å². The first-order valence-corrected chi connectivity index (χ1v) is 7.75. The van der Waals surface area contributed by atoms with Crippen LogP contribution in [0.1, 0.15) is 18.9 Å². The maximum absolute atomic E-state index is 10.0. The Hall–Kier alpha value is -2.74. The van der Waals surface area contributed by atoms with Gasteiger partial charge in [-0.05, 0) is 36.1 Å².